The number of nitrogens with zero attached hydrogens (tertiary/aromatic N) is 1. The van der Waals surface area contributed by atoms with Crippen LogP contribution in [-0.2, 0) is 21.7 Å². The van der Waals surface area contributed by atoms with Crippen molar-refractivity contribution in [1.29, 1.82) is 0 Å². The molecule has 0 unspecified atom stereocenters. The minimum Gasteiger partial charge on any atom is -0.489 e. The van der Waals surface area contributed by atoms with Crippen molar-refractivity contribution >= 4 is 35.1 Å². The number of hydrogen-bond donors (Lipinski definition) is 2. The third-order valence-electron chi connectivity index (χ3n) is 5.38. The number of amides is 4. The van der Waals surface area contributed by atoms with Gasteiger partial charge in [-0.3, -0.25) is 14.5 Å². The number of imide groups is 1. The van der Waals surface area contributed by atoms with Crippen LogP contribution in [0.4, 0.5) is 10.5 Å². The Bertz CT molecular complexity index is 1170. The summed E-state index contributed by atoms with van der Waals surface area (Å²) >= 11 is 5.92. The highest BCUT2D eigenvalue weighted by molar-refractivity contribution is 6.30. The summed E-state index contributed by atoms with van der Waals surface area (Å²) in [7, 11) is 0. The van der Waals surface area contributed by atoms with Gasteiger partial charge in [-0.05, 0) is 54.4 Å². The average Bonchev–Trinajstić information content (AvgIpc) is 3.03. The van der Waals surface area contributed by atoms with E-state index in [4.69, 9.17) is 16.3 Å². The van der Waals surface area contributed by atoms with Gasteiger partial charge in [-0.2, -0.15) is 0 Å². The smallest absolute Gasteiger partial charge is 0.325 e. The van der Waals surface area contributed by atoms with Gasteiger partial charge in [-0.1, -0.05) is 54.1 Å². The molecule has 4 amide bonds. The molecule has 1 heterocycles. The second-order valence-electron chi connectivity index (χ2n) is 7.80. The molecule has 0 spiro atoms. The van der Waals surface area contributed by atoms with Crippen LogP contribution < -0.4 is 15.4 Å². The van der Waals surface area contributed by atoms with E-state index in [9.17, 15) is 14.4 Å². The third kappa shape index (κ3) is 4.99. The molecule has 7 nitrogen and oxygen atoms in total. The summed E-state index contributed by atoms with van der Waals surface area (Å²) in [6.07, 6.45) is 0. The molecule has 1 atom stereocenters. The van der Waals surface area contributed by atoms with E-state index in [-0.39, 0.29) is 0 Å². The topological polar surface area (TPSA) is 87.7 Å². The van der Waals surface area contributed by atoms with Crippen molar-refractivity contribution in [1.82, 2.24) is 10.2 Å². The van der Waals surface area contributed by atoms with Gasteiger partial charge in [0, 0.05) is 10.7 Å². The number of nitrogens with one attached hydrogen (secondary N) is 2. The van der Waals surface area contributed by atoms with Crippen LogP contribution >= 0.6 is 11.6 Å². The fourth-order valence-corrected chi connectivity index (χ4v) is 3.66. The Labute approximate surface area is 196 Å². The SMILES string of the molecule is C[C@@]1(c2ccc(Cl)cc2)NC(=O)N(CC(=O)Nc2ccc(OCc3ccccc3)cc2)C1=O. The Balaban J connectivity index is 1.35. The van der Waals surface area contributed by atoms with E-state index in [0.717, 1.165) is 10.5 Å². The van der Waals surface area contributed by atoms with Crippen LogP contribution in [0.15, 0.2) is 78.9 Å². The van der Waals surface area contributed by atoms with E-state index in [0.29, 0.717) is 28.6 Å². The van der Waals surface area contributed by atoms with Gasteiger partial charge in [-0.25, -0.2) is 4.79 Å². The van der Waals surface area contributed by atoms with Crippen LogP contribution in [0.2, 0.25) is 5.02 Å². The zero-order valence-electron chi connectivity index (χ0n) is 17.9. The molecule has 1 fully saturated rings. The molecule has 0 aliphatic carbocycles. The van der Waals surface area contributed by atoms with Crippen molar-refractivity contribution in [2.75, 3.05) is 11.9 Å². The quantitative estimate of drug-likeness (QED) is 0.511. The van der Waals surface area contributed by atoms with Crippen LogP contribution in [0, 0.1) is 0 Å². The molecule has 0 saturated carbocycles. The lowest BCUT2D eigenvalue weighted by molar-refractivity contribution is -0.133. The summed E-state index contributed by atoms with van der Waals surface area (Å²) in [5.41, 5.74) is 0.896. The lowest BCUT2D eigenvalue weighted by atomic mass is 9.92. The first-order valence-electron chi connectivity index (χ1n) is 10.3. The lowest BCUT2D eigenvalue weighted by Crippen LogP contribution is -2.42. The monoisotopic (exact) mass is 463 g/mol. The molecule has 8 heteroatoms. The van der Waals surface area contributed by atoms with E-state index < -0.39 is 29.9 Å². The maximum absolute atomic E-state index is 13.0. The van der Waals surface area contributed by atoms with Gasteiger partial charge < -0.3 is 15.4 Å². The summed E-state index contributed by atoms with van der Waals surface area (Å²) in [5, 5.41) is 5.89. The Hall–Kier alpha value is -3.84. The molecule has 3 aromatic rings. The molecule has 3 aromatic carbocycles. The van der Waals surface area contributed by atoms with Crippen molar-refractivity contribution < 1.29 is 19.1 Å². The van der Waals surface area contributed by atoms with Crippen molar-refractivity contribution in [2.45, 2.75) is 19.1 Å². The van der Waals surface area contributed by atoms with Crippen LogP contribution in [0.1, 0.15) is 18.1 Å². The number of halogens is 1. The van der Waals surface area contributed by atoms with Gasteiger partial charge in [0.1, 0.15) is 24.4 Å². The molecule has 168 valence electrons. The first-order chi connectivity index (χ1) is 15.8. The predicted molar refractivity (Wildman–Crippen MR) is 125 cm³/mol. The number of carbonyl (C=O) groups excluding carboxylic acids is 3. The molecule has 1 saturated heterocycles. The Kier molecular flexibility index (Phi) is 6.33. The Morgan fingerprint density at radius 2 is 1.67 bits per heavy atom. The second kappa shape index (κ2) is 9.34. The molecule has 2 N–H and O–H groups in total. The highest BCUT2D eigenvalue weighted by Crippen LogP contribution is 2.29. The molecule has 0 radical (unpaired) electrons. The van der Waals surface area contributed by atoms with Gasteiger partial charge in [0.25, 0.3) is 5.91 Å². The molecule has 0 aromatic heterocycles. The molecule has 4 rings (SSSR count). The van der Waals surface area contributed by atoms with Crippen molar-refractivity contribution in [2.24, 2.45) is 0 Å². The fraction of sp³-hybridized carbons (Fsp3) is 0.160. The average molecular weight is 464 g/mol. The summed E-state index contributed by atoms with van der Waals surface area (Å²) < 4.78 is 5.73. The molecule has 33 heavy (non-hydrogen) atoms. The van der Waals surface area contributed by atoms with E-state index in [2.05, 4.69) is 10.6 Å². The minimum absolute atomic E-state index is 0.403. The van der Waals surface area contributed by atoms with Crippen LogP contribution in [0.3, 0.4) is 0 Å². The number of rotatable bonds is 7. The van der Waals surface area contributed by atoms with Crippen LogP contribution in [0.25, 0.3) is 0 Å². The lowest BCUT2D eigenvalue weighted by Gasteiger charge is -2.22. The van der Waals surface area contributed by atoms with Crippen LogP contribution in [0.5, 0.6) is 5.75 Å². The van der Waals surface area contributed by atoms with Gasteiger partial charge in [0.05, 0.1) is 0 Å². The molecule has 0 bridgehead atoms. The fourth-order valence-electron chi connectivity index (χ4n) is 3.54. The summed E-state index contributed by atoms with van der Waals surface area (Å²) in [6.45, 7) is 1.63. The summed E-state index contributed by atoms with van der Waals surface area (Å²) in [5.74, 6) is -0.337. The van der Waals surface area contributed by atoms with E-state index in [1.54, 1.807) is 55.5 Å². The number of carbonyl (C=O) groups is 3. The summed E-state index contributed by atoms with van der Waals surface area (Å²) in [4.78, 5) is 38.8. The normalized spacial score (nSPS) is 17.6. The van der Waals surface area contributed by atoms with Gasteiger partial charge in [0.15, 0.2) is 0 Å². The minimum atomic E-state index is -1.26. The van der Waals surface area contributed by atoms with Crippen LogP contribution in [-0.4, -0.2) is 29.3 Å². The highest BCUT2D eigenvalue weighted by Gasteiger charge is 2.49. The number of urea groups is 1. The van der Waals surface area contributed by atoms with Crippen molar-refractivity contribution in [3.63, 3.8) is 0 Å². The van der Waals surface area contributed by atoms with E-state index >= 15 is 0 Å². The predicted octanol–water partition coefficient (Wildman–Crippen LogP) is 4.32. The zero-order chi connectivity index (χ0) is 23.4. The van der Waals surface area contributed by atoms with Gasteiger partial charge in [-0.15, -0.1) is 0 Å². The first-order valence-corrected chi connectivity index (χ1v) is 10.7. The molecular weight excluding hydrogens is 442 g/mol. The number of anilines is 1. The number of benzene rings is 3. The summed E-state index contributed by atoms with van der Waals surface area (Å²) in [6, 6.07) is 22.7. The maximum Gasteiger partial charge on any atom is 0.325 e. The number of hydrogen-bond acceptors (Lipinski definition) is 4. The van der Waals surface area contributed by atoms with E-state index in [1.807, 2.05) is 30.3 Å². The highest BCUT2D eigenvalue weighted by atomic mass is 35.5. The van der Waals surface area contributed by atoms with Crippen molar-refractivity contribution in [3.05, 3.63) is 95.0 Å². The second-order valence-corrected chi connectivity index (χ2v) is 8.24. The molecule has 1 aliphatic rings. The largest absolute Gasteiger partial charge is 0.489 e. The zero-order valence-corrected chi connectivity index (χ0v) is 18.6. The molecule has 1 aliphatic heterocycles. The van der Waals surface area contributed by atoms with Gasteiger partial charge >= 0.3 is 6.03 Å². The Morgan fingerprint density at radius 3 is 2.33 bits per heavy atom. The third-order valence-corrected chi connectivity index (χ3v) is 5.64. The van der Waals surface area contributed by atoms with Crippen molar-refractivity contribution in [3.8, 4) is 5.75 Å². The van der Waals surface area contributed by atoms with E-state index in [1.165, 1.54) is 0 Å². The first kappa shape index (κ1) is 22.4. The Morgan fingerprint density at radius 1 is 1.00 bits per heavy atom. The standard InChI is InChI=1S/C25H22ClN3O4/c1-25(18-7-9-19(26)10-8-18)23(31)29(24(32)28-25)15-22(30)27-20-11-13-21(14-12-20)33-16-17-5-3-2-4-6-17/h2-14H,15-16H2,1H3,(H,27,30)(H,28,32)/t25-/m0/s1. The number of ether oxygens (including phenoxy) is 1. The molecular formula is C25H22ClN3O4. The maximum atomic E-state index is 13.0. The van der Waals surface area contributed by atoms with Gasteiger partial charge in [0.2, 0.25) is 5.91 Å².